The number of hydrogen-bond donors (Lipinski definition) is 3. The first-order valence-corrected chi connectivity index (χ1v) is 3.54. The molecule has 1 saturated heterocycles. The number of rotatable bonds is 2. The van der Waals surface area contributed by atoms with Gasteiger partial charge in [0.15, 0.2) is 0 Å². The quantitative estimate of drug-likeness (QED) is 0.423. The standard InChI is InChI=1S/C6H10BFO4/c7-5-6(11,2-8)4(10)3(1-9)12-5/h3-5,9-11H,1-2H2/t3-,4?,5-,6-/m1/s1. The third kappa shape index (κ3) is 1.24. The largest absolute Gasteiger partial charge is 0.394 e. The zero-order chi connectivity index (χ0) is 9.35. The van der Waals surface area contributed by atoms with Crippen LogP contribution in [0.15, 0.2) is 0 Å². The van der Waals surface area contributed by atoms with Crippen LogP contribution < -0.4 is 0 Å². The third-order valence-corrected chi connectivity index (χ3v) is 2.07. The number of aliphatic hydroxyl groups excluding tert-OH is 2. The fourth-order valence-electron chi connectivity index (χ4n) is 1.17. The van der Waals surface area contributed by atoms with Crippen LogP contribution in [0.1, 0.15) is 0 Å². The second-order valence-corrected chi connectivity index (χ2v) is 2.85. The monoisotopic (exact) mass is 176 g/mol. The van der Waals surface area contributed by atoms with Crippen molar-refractivity contribution >= 4 is 7.85 Å². The van der Waals surface area contributed by atoms with Crippen molar-refractivity contribution in [2.45, 2.75) is 23.8 Å². The van der Waals surface area contributed by atoms with Crippen LogP contribution in [0.3, 0.4) is 0 Å². The molecule has 0 amide bonds. The Balaban J connectivity index is 2.76. The highest BCUT2D eigenvalue weighted by Crippen LogP contribution is 2.29. The fourth-order valence-corrected chi connectivity index (χ4v) is 1.17. The van der Waals surface area contributed by atoms with Gasteiger partial charge in [0, 0.05) is 0 Å². The molecule has 1 aliphatic rings. The summed E-state index contributed by atoms with van der Waals surface area (Å²) in [5.41, 5.74) is -2.09. The van der Waals surface area contributed by atoms with Crippen LogP contribution in [-0.4, -0.2) is 60.3 Å². The molecular formula is C6H10BFO4. The summed E-state index contributed by atoms with van der Waals surface area (Å²) in [4.78, 5) is 0. The summed E-state index contributed by atoms with van der Waals surface area (Å²) in [6, 6.07) is -1.30. The zero-order valence-corrected chi connectivity index (χ0v) is 6.35. The van der Waals surface area contributed by atoms with Gasteiger partial charge in [-0.1, -0.05) is 0 Å². The maximum Gasteiger partial charge on any atom is 0.139 e. The molecule has 1 unspecified atom stereocenters. The van der Waals surface area contributed by atoms with E-state index in [1.807, 2.05) is 0 Å². The van der Waals surface area contributed by atoms with Crippen molar-refractivity contribution < 1.29 is 24.4 Å². The molecule has 0 bridgehead atoms. The van der Waals surface area contributed by atoms with Gasteiger partial charge in [-0.3, -0.25) is 0 Å². The Bertz CT molecular complexity index is 170. The molecule has 2 radical (unpaired) electrons. The lowest BCUT2D eigenvalue weighted by molar-refractivity contribution is -0.0734. The predicted octanol–water partition coefficient (Wildman–Crippen LogP) is -2.07. The lowest BCUT2D eigenvalue weighted by atomic mass is 9.81. The Labute approximate surface area is 70.4 Å². The summed E-state index contributed by atoms with van der Waals surface area (Å²) in [6.07, 6.45) is -2.50. The van der Waals surface area contributed by atoms with Gasteiger partial charge in [-0.15, -0.1) is 0 Å². The Morgan fingerprint density at radius 2 is 2.17 bits per heavy atom. The summed E-state index contributed by atoms with van der Waals surface area (Å²) < 4.78 is 17.0. The third-order valence-electron chi connectivity index (χ3n) is 2.07. The second-order valence-electron chi connectivity index (χ2n) is 2.85. The Hall–Kier alpha value is -0.165. The molecule has 3 N–H and O–H groups in total. The van der Waals surface area contributed by atoms with Gasteiger partial charge in [-0.2, -0.15) is 0 Å². The number of ether oxygens (including phenoxy) is 1. The lowest BCUT2D eigenvalue weighted by Crippen LogP contribution is -2.50. The highest BCUT2D eigenvalue weighted by molar-refractivity contribution is 6.12. The summed E-state index contributed by atoms with van der Waals surface area (Å²) in [6.45, 7) is -1.71. The van der Waals surface area contributed by atoms with E-state index in [0.717, 1.165) is 0 Å². The predicted molar refractivity (Wildman–Crippen MR) is 38.4 cm³/mol. The molecule has 0 saturated carbocycles. The van der Waals surface area contributed by atoms with Gasteiger partial charge in [-0.05, 0) is 0 Å². The van der Waals surface area contributed by atoms with Crippen molar-refractivity contribution in [2.24, 2.45) is 0 Å². The molecule has 1 fully saturated rings. The molecule has 0 aromatic rings. The second kappa shape index (κ2) is 3.29. The molecule has 0 aliphatic carbocycles. The van der Waals surface area contributed by atoms with Crippen molar-refractivity contribution in [3.8, 4) is 0 Å². The van der Waals surface area contributed by atoms with Crippen molar-refractivity contribution in [1.29, 1.82) is 0 Å². The minimum atomic E-state index is -2.09. The van der Waals surface area contributed by atoms with Crippen LogP contribution in [0, 0.1) is 0 Å². The van der Waals surface area contributed by atoms with Gasteiger partial charge in [0.2, 0.25) is 0 Å². The molecule has 0 aromatic carbocycles. The molecule has 1 heterocycles. The first kappa shape index (κ1) is 9.92. The summed E-state index contributed by atoms with van der Waals surface area (Å²) in [5.74, 6) is 0. The van der Waals surface area contributed by atoms with E-state index in [0.29, 0.717) is 0 Å². The summed E-state index contributed by atoms with van der Waals surface area (Å²) in [7, 11) is 5.20. The van der Waals surface area contributed by atoms with Crippen LogP contribution in [0.25, 0.3) is 0 Å². The molecule has 1 aliphatic heterocycles. The van der Waals surface area contributed by atoms with E-state index in [1.54, 1.807) is 0 Å². The Kier molecular flexibility index (Phi) is 2.72. The Morgan fingerprint density at radius 3 is 2.42 bits per heavy atom. The summed E-state index contributed by atoms with van der Waals surface area (Å²) in [5, 5.41) is 27.2. The van der Waals surface area contributed by atoms with Crippen molar-refractivity contribution in [1.82, 2.24) is 0 Å². The van der Waals surface area contributed by atoms with Crippen molar-refractivity contribution in [3.63, 3.8) is 0 Å². The smallest absolute Gasteiger partial charge is 0.139 e. The van der Waals surface area contributed by atoms with Crippen molar-refractivity contribution in [3.05, 3.63) is 0 Å². The van der Waals surface area contributed by atoms with Gasteiger partial charge in [0.1, 0.15) is 32.3 Å². The SMILES string of the molecule is [B][C@@H]1O[C@H](CO)C(O)[C@]1(O)CF. The van der Waals surface area contributed by atoms with Gasteiger partial charge >= 0.3 is 0 Å². The number of aliphatic hydroxyl groups is 3. The molecule has 6 heteroatoms. The maximum absolute atomic E-state index is 12.2. The van der Waals surface area contributed by atoms with Gasteiger partial charge in [0.25, 0.3) is 0 Å². The van der Waals surface area contributed by atoms with Gasteiger partial charge < -0.3 is 20.1 Å². The van der Waals surface area contributed by atoms with Crippen molar-refractivity contribution in [2.75, 3.05) is 13.3 Å². The average molecular weight is 176 g/mol. The van der Waals surface area contributed by atoms with Gasteiger partial charge in [0.05, 0.1) is 12.6 Å². The minimum absolute atomic E-state index is 0.503. The first-order chi connectivity index (χ1) is 5.56. The van der Waals surface area contributed by atoms with E-state index in [2.05, 4.69) is 0 Å². The number of halogens is 1. The molecule has 68 valence electrons. The van der Waals surface area contributed by atoms with E-state index in [-0.39, 0.29) is 0 Å². The van der Waals surface area contributed by atoms with E-state index >= 15 is 0 Å². The van der Waals surface area contributed by atoms with Crippen LogP contribution in [0.5, 0.6) is 0 Å². The Morgan fingerprint density at radius 1 is 1.58 bits per heavy atom. The summed E-state index contributed by atoms with van der Waals surface area (Å²) >= 11 is 0. The van der Waals surface area contributed by atoms with E-state index in [1.165, 1.54) is 0 Å². The van der Waals surface area contributed by atoms with Crippen LogP contribution >= 0.6 is 0 Å². The van der Waals surface area contributed by atoms with Crippen LogP contribution in [0.2, 0.25) is 0 Å². The van der Waals surface area contributed by atoms with E-state index in [9.17, 15) is 14.6 Å². The number of hydrogen-bond acceptors (Lipinski definition) is 4. The maximum atomic E-state index is 12.2. The van der Waals surface area contributed by atoms with E-state index in [4.69, 9.17) is 17.7 Å². The molecule has 12 heavy (non-hydrogen) atoms. The zero-order valence-electron chi connectivity index (χ0n) is 6.35. The highest BCUT2D eigenvalue weighted by Gasteiger charge is 2.52. The minimum Gasteiger partial charge on any atom is -0.394 e. The van der Waals surface area contributed by atoms with Crippen LogP contribution in [0.4, 0.5) is 4.39 Å². The topological polar surface area (TPSA) is 69.9 Å². The lowest BCUT2D eigenvalue weighted by Gasteiger charge is -2.25. The molecule has 4 nitrogen and oxygen atoms in total. The molecule has 0 aromatic heterocycles. The molecule has 0 spiro atoms. The molecule has 1 rings (SSSR count). The molecular weight excluding hydrogens is 166 g/mol. The normalized spacial score (nSPS) is 48.2. The highest BCUT2D eigenvalue weighted by atomic mass is 19.1. The number of alkyl halides is 1. The van der Waals surface area contributed by atoms with Gasteiger partial charge in [-0.25, -0.2) is 4.39 Å². The molecule has 4 atom stereocenters. The fraction of sp³-hybridized carbons (Fsp3) is 1.00. The van der Waals surface area contributed by atoms with Crippen LogP contribution in [-0.2, 0) is 4.74 Å². The first-order valence-electron chi connectivity index (χ1n) is 3.54. The average Bonchev–Trinajstić information content (AvgIpc) is 2.30. The van der Waals surface area contributed by atoms with E-state index < -0.39 is 37.1 Å².